The Bertz CT molecular complexity index is 690. The maximum absolute atomic E-state index is 5.15. The summed E-state index contributed by atoms with van der Waals surface area (Å²) >= 11 is 0. The number of methoxy groups -OCH3 is 1. The van der Waals surface area contributed by atoms with E-state index in [2.05, 4.69) is 27.4 Å². The van der Waals surface area contributed by atoms with Crippen LogP contribution in [0.1, 0.15) is 5.56 Å². The first-order chi connectivity index (χ1) is 9.86. The fourth-order valence-electron chi connectivity index (χ4n) is 2.10. The molecule has 0 atom stereocenters. The number of ether oxygens (including phenoxy) is 1. The van der Waals surface area contributed by atoms with Gasteiger partial charge in [-0.15, -0.1) is 0 Å². The topological polar surface area (TPSA) is 51.5 Å². The van der Waals surface area contributed by atoms with E-state index in [4.69, 9.17) is 4.74 Å². The second-order valence-corrected chi connectivity index (χ2v) is 4.46. The van der Waals surface area contributed by atoms with Crippen molar-refractivity contribution >= 4 is 11.5 Å². The van der Waals surface area contributed by atoms with Crippen LogP contribution in [0, 0.1) is 0 Å². The van der Waals surface area contributed by atoms with Crippen molar-refractivity contribution in [2.45, 2.75) is 6.42 Å². The molecule has 0 unspecified atom stereocenters. The number of hydrogen-bond donors (Lipinski definition) is 1. The van der Waals surface area contributed by atoms with Crippen molar-refractivity contribution in [3.8, 4) is 5.75 Å². The summed E-state index contributed by atoms with van der Waals surface area (Å²) in [5, 5.41) is 3.33. The van der Waals surface area contributed by atoms with Gasteiger partial charge in [0.25, 0.3) is 0 Å². The number of nitrogens with one attached hydrogen (secondary N) is 1. The normalized spacial score (nSPS) is 10.7. The molecule has 0 aliphatic heterocycles. The van der Waals surface area contributed by atoms with Crippen molar-refractivity contribution < 1.29 is 4.74 Å². The molecule has 1 aromatic carbocycles. The first kappa shape index (κ1) is 12.5. The van der Waals surface area contributed by atoms with Gasteiger partial charge in [-0.3, -0.25) is 0 Å². The van der Waals surface area contributed by atoms with Crippen LogP contribution >= 0.6 is 0 Å². The molecular formula is C15H16N4O. The van der Waals surface area contributed by atoms with Crippen molar-refractivity contribution in [3.05, 3.63) is 54.6 Å². The monoisotopic (exact) mass is 268 g/mol. The third kappa shape index (κ3) is 2.56. The van der Waals surface area contributed by atoms with Crippen molar-refractivity contribution in [1.82, 2.24) is 14.4 Å². The number of nitrogens with zero attached hydrogens (tertiary/aromatic N) is 3. The molecule has 0 aliphatic carbocycles. The average Bonchev–Trinajstić information content (AvgIpc) is 2.97. The van der Waals surface area contributed by atoms with Gasteiger partial charge in [-0.2, -0.15) is 0 Å². The number of hydrogen-bond acceptors (Lipinski definition) is 4. The van der Waals surface area contributed by atoms with E-state index in [-0.39, 0.29) is 0 Å². The summed E-state index contributed by atoms with van der Waals surface area (Å²) in [6.45, 7) is 0.811. The van der Waals surface area contributed by atoms with E-state index in [1.165, 1.54) is 5.56 Å². The standard InChI is InChI=1S/C15H16N4O/c1-20-13-4-2-12(3-5-13)6-7-16-14-15-18-9-11-19(15)10-8-17-14/h2-5,8-11H,6-7H2,1H3,(H,16,17). The summed E-state index contributed by atoms with van der Waals surface area (Å²) in [4.78, 5) is 8.61. The lowest BCUT2D eigenvalue weighted by Crippen LogP contribution is -2.07. The highest BCUT2D eigenvalue weighted by Gasteiger charge is 2.02. The smallest absolute Gasteiger partial charge is 0.180 e. The van der Waals surface area contributed by atoms with Crippen LogP contribution in [0.2, 0.25) is 0 Å². The molecule has 2 heterocycles. The van der Waals surface area contributed by atoms with Gasteiger partial charge in [0.05, 0.1) is 7.11 Å². The largest absolute Gasteiger partial charge is 0.497 e. The average molecular weight is 268 g/mol. The molecule has 102 valence electrons. The van der Waals surface area contributed by atoms with E-state index in [0.717, 1.165) is 30.2 Å². The summed E-state index contributed by atoms with van der Waals surface area (Å²) in [6.07, 6.45) is 8.26. The Morgan fingerprint density at radius 2 is 1.85 bits per heavy atom. The quantitative estimate of drug-likeness (QED) is 0.772. The number of rotatable bonds is 5. The molecule has 5 heteroatoms. The SMILES string of the molecule is COc1ccc(CCNc2nccn3ccnc23)cc1. The molecular weight excluding hydrogens is 252 g/mol. The van der Waals surface area contributed by atoms with Gasteiger partial charge in [0.1, 0.15) is 5.75 Å². The highest BCUT2D eigenvalue weighted by molar-refractivity contribution is 5.62. The lowest BCUT2D eigenvalue weighted by molar-refractivity contribution is 0.414. The number of benzene rings is 1. The van der Waals surface area contributed by atoms with Crippen molar-refractivity contribution in [2.24, 2.45) is 0 Å². The van der Waals surface area contributed by atoms with E-state index >= 15 is 0 Å². The van der Waals surface area contributed by atoms with E-state index in [1.54, 1.807) is 19.5 Å². The maximum Gasteiger partial charge on any atom is 0.180 e. The maximum atomic E-state index is 5.15. The molecule has 0 saturated carbocycles. The minimum Gasteiger partial charge on any atom is -0.497 e. The zero-order chi connectivity index (χ0) is 13.8. The van der Waals surface area contributed by atoms with Crippen LogP contribution < -0.4 is 10.1 Å². The first-order valence-electron chi connectivity index (χ1n) is 6.51. The molecule has 0 spiro atoms. The Morgan fingerprint density at radius 1 is 1.10 bits per heavy atom. The summed E-state index contributed by atoms with van der Waals surface area (Å²) < 4.78 is 7.09. The van der Waals surface area contributed by atoms with Crippen LogP contribution in [0.3, 0.4) is 0 Å². The molecule has 3 rings (SSSR count). The molecule has 1 N–H and O–H groups in total. The predicted octanol–water partition coefficient (Wildman–Crippen LogP) is 2.39. The number of fused-ring (bicyclic) bond motifs is 1. The Kier molecular flexibility index (Phi) is 3.50. The number of aromatic nitrogens is 3. The zero-order valence-electron chi connectivity index (χ0n) is 11.3. The zero-order valence-corrected chi connectivity index (χ0v) is 11.3. The Labute approximate surface area is 117 Å². The highest BCUT2D eigenvalue weighted by atomic mass is 16.5. The van der Waals surface area contributed by atoms with Gasteiger partial charge in [0.15, 0.2) is 11.5 Å². The fourth-order valence-corrected chi connectivity index (χ4v) is 2.10. The second-order valence-electron chi connectivity index (χ2n) is 4.46. The van der Waals surface area contributed by atoms with Crippen molar-refractivity contribution in [1.29, 1.82) is 0 Å². The van der Waals surface area contributed by atoms with Gasteiger partial charge in [0, 0.05) is 31.3 Å². The summed E-state index contributed by atoms with van der Waals surface area (Å²) in [5.74, 6) is 1.69. The van der Waals surface area contributed by atoms with Crippen LogP contribution in [0.25, 0.3) is 5.65 Å². The van der Waals surface area contributed by atoms with Gasteiger partial charge >= 0.3 is 0 Å². The highest BCUT2D eigenvalue weighted by Crippen LogP contribution is 2.13. The molecule has 0 amide bonds. The molecule has 0 saturated heterocycles. The molecule has 20 heavy (non-hydrogen) atoms. The molecule has 5 nitrogen and oxygen atoms in total. The minimum absolute atomic E-state index is 0.811. The summed E-state index contributed by atoms with van der Waals surface area (Å²) in [6, 6.07) is 8.10. The lowest BCUT2D eigenvalue weighted by Gasteiger charge is -2.07. The Balaban J connectivity index is 1.63. The predicted molar refractivity (Wildman–Crippen MR) is 78.2 cm³/mol. The summed E-state index contributed by atoms with van der Waals surface area (Å²) in [7, 11) is 1.67. The van der Waals surface area contributed by atoms with Gasteiger partial charge in [-0.25, -0.2) is 9.97 Å². The van der Waals surface area contributed by atoms with Crippen molar-refractivity contribution in [2.75, 3.05) is 19.0 Å². The molecule has 2 aromatic heterocycles. The third-order valence-electron chi connectivity index (χ3n) is 3.18. The molecule has 0 aliphatic rings. The Morgan fingerprint density at radius 3 is 2.60 bits per heavy atom. The van der Waals surface area contributed by atoms with Crippen LogP contribution in [-0.4, -0.2) is 28.0 Å². The molecule has 0 bridgehead atoms. The van der Waals surface area contributed by atoms with Gasteiger partial charge in [-0.05, 0) is 24.1 Å². The van der Waals surface area contributed by atoms with Gasteiger partial charge in [0.2, 0.25) is 0 Å². The van der Waals surface area contributed by atoms with Crippen LogP contribution in [0.15, 0.2) is 49.1 Å². The fraction of sp³-hybridized carbons (Fsp3) is 0.200. The van der Waals surface area contributed by atoms with Crippen LogP contribution in [0.4, 0.5) is 5.82 Å². The minimum atomic E-state index is 0.811. The molecule has 0 fully saturated rings. The summed E-state index contributed by atoms with van der Waals surface area (Å²) in [5.41, 5.74) is 2.11. The molecule has 3 aromatic rings. The third-order valence-corrected chi connectivity index (χ3v) is 3.18. The van der Waals surface area contributed by atoms with E-state index in [1.807, 2.05) is 28.9 Å². The van der Waals surface area contributed by atoms with E-state index in [9.17, 15) is 0 Å². The number of anilines is 1. The number of imidazole rings is 1. The van der Waals surface area contributed by atoms with E-state index < -0.39 is 0 Å². The second kappa shape index (κ2) is 5.61. The lowest BCUT2D eigenvalue weighted by atomic mass is 10.1. The van der Waals surface area contributed by atoms with E-state index in [0.29, 0.717) is 0 Å². The Hall–Kier alpha value is -2.56. The van der Waals surface area contributed by atoms with Crippen LogP contribution in [-0.2, 0) is 6.42 Å². The van der Waals surface area contributed by atoms with Crippen molar-refractivity contribution in [3.63, 3.8) is 0 Å². The first-order valence-corrected chi connectivity index (χ1v) is 6.51. The van der Waals surface area contributed by atoms with Gasteiger partial charge < -0.3 is 14.5 Å². The molecule has 0 radical (unpaired) electrons. The van der Waals surface area contributed by atoms with Crippen LogP contribution in [0.5, 0.6) is 5.75 Å². The van der Waals surface area contributed by atoms with Gasteiger partial charge in [-0.1, -0.05) is 12.1 Å².